The summed E-state index contributed by atoms with van der Waals surface area (Å²) in [6, 6.07) is 2.43. The molecule has 0 radical (unpaired) electrons. The Balaban J connectivity index is 1.91. The molecule has 2 aromatic carbocycles. The van der Waals surface area contributed by atoms with E-state index in [1.807, 2.05) is 13.8 Å². The van der Waals surface area contributed by atoms with E-state index >= 15 is 0 Å². The molecule has 0 aromatic heterocycles. The molecule has 30 heavy (non-hydrogen) atoms. The molecular weight excluding hydrogens is 434 g/mol. The van der Waals surface area contributed by atoms with Gasteiger partial charge in [-0.1, -0.05) is 18.5 Å². The first-order chi connectivity index (χ1) is 14.1. The zero-order valence-electron chi connectivity index (χ0n) is 16.8. The number of ether oxygens (including phenoxy) is 1. The molecule has 1 saturated heterocycles. The van der Waals surface area contributed by atoms with E-state index in [1.54, 1.807) is 0 Å². The average Bonchev–Trinajstić information content (AvgIpc) is 3.14. The number of aromatic hydroxyl groups is 1. The summed E-state index contributed by atoms with van der Waals surface area (Å²) >= 11 is 5.94. The van der Waals surface area contributed by atoms with E-state index in [1.165, 1.54) is 19.2 Å². The number of sulfonamides is 1. The summed E-state index contributed by atoms with van der Waals surface area (Å²) in [6.07, 6.45) is 2.48. The number of benzene rings is 1. The number of hydrogen-bond acceptors (Lipinski definition) is 8. The second-order valence-electron chi connectivity index (χ2n) is 7.24. The number of phenols is 1. The Labute approximate surface area is 179 Å². The van der Waals surface area contributed by atoms with Crippen molar-refractivity contribution in [3.63, 3.8) is 0 Å². The molecular formula is C19H24ClN3O6S. The monoisotopic (exact) mass is 457 g/mol. The topological polar surface area (TPSA) is 134 Å². The first-order valence-electron chi connectivity index (χ1n) is 9.58. The fraction of sp³-hybridized carbons (Fsp3) is 0.474. The Morgan fingerprint density at radius 3 is 2.47 bits per heavy atom. The van der Waals surface area contributed by atoms with Gasteiger partial charge in [-0.3, -0.25) is 9.59 Å². The van der Waals surface area contributed by atoms with Crippen LogP contribution in [-0.4, -0.2) is 38.8 Å². The summed E-state index contributed by atoms with van der Waals surface area (Å²) in [5.41, 5.74) is -1.47. The van der Waals surface area contributed by atoms with Crippen LogP contribution in [0.3, 0.4) is 0 Å². The fourth-order valence-corrected chi connectivity index (χ4v) is 4.91. The molecule has 1 fully saturated rings. The van der Waals surface area contributed by atoms with Gasteiger partial charge in [0, 0.05) is 0 Å². The van der Waals surface area contributed by atoms with E-state index in [2.05, 4.69) is 15.4 Å². The highest BCUT2D eigenvalue weighted by Crippen LogP contribution is 2.38. The molecule has 0 saturated carbocycles. The van der Waals surface area contributed by atoms with Crippen LogP contribution in [0.25, 0.3) is 0 Å². The zero-order chi connectivity index (χ0) is 22.2. The molecule has 9 nitrogen and oxygen atoms in total. The summed E-state index contributed by atoms with van der Waals surface area (Å²) < 4.78 is 32.3. The van der Waals surface area contributed by atoms with Crippen LogP contribution in [0.2, 0.25) is 5.02 Å². The second kappa shape index (κ2) is 8.54. The summed E-state index contributed by atoms with van der Waals surface area (Å²) in [5.74, 6) is -0.657. The van der Waals surface area contributed by atoms with Crippen molar-refractivity contribution in [1.29, 1.82) is 0 Å². The number of hydrogen-bond donors (Lipinski definition) is 4. The Morgan fingerprint density at radius 1 is 1.23 bits per heavy atom. The van der Waals surface area contributed by atoms with E-state index in [-0.39, 0.29) is 40.3 Å². The van der Waals surface area contributed by atoms with Crippen molar-refractivity contribution in [3.8, 4) is 5.75 Å². The minimum absolute atomic E-state index is 0.0464. The molecule has 1 aliphatic rings. The predicted octanol–water partition coefficient (Wildman–Crippen LogP) is 2.05. The van der Waals surface area contributed by atoms with E-state index < -0.39 is 31.5 Å². The van der Waals surface area contributed by atoms with Crippen LogP contribution in [0.15, 0.2) is 26.6 Å². The molecule has 3 atom stereocenters. The molecule has 0 aliphatic carbocycles. The van der Waals surface area contributed by atoms with Crippen LogP contribution in [-0.2, 0) is 14.8 Å². The third kappa shape index (κ3) is 4.04. The van der Waals surface area contributed by atoms with Gasteiger partial charge in [-0.05, 0) is 45.4 Å². The van der Waals surface area contributed by atoms with Crippen LogP contribution >= 0.6 is 11.6 Å². The standard InChI is InChI=1S/C19H24ClN3O6S/c1-4-11(13-8-5-9(2)29-13)22-14-15(18(26)17(14)25)23-12-7-6-10(20)19(16(12)24)30(27,28)21-3/h6-7,9,11,13,21-24H,4-5,8H2,1-3H3/t9-,11?,13-/m1/s1. The van der Waals surface area contributed by atoms with E-state index in [4.69, 9.17) is 16.3 Å². The maximum absolute atomic E-state index is 12.2. The normalized spacial score (nSPS) is 20.4. The Bertz CT molecular complexity index is 1130. The number of halogens is 1. The highest BCUT2D eigenvalue weighted by Gasteiger charge is 2.32. The SMILES string of the molecule is CCC(Nc1c(Nc2ccc(Cl)c(S(=O)(=O)NC)c2O)c(=O)c1=O)[C@H]1CC[C@@H](C)O1. The lowest BCUT2D eigenvalue weighted by Crippen LogP contribution is -2.42. The van der Waals surface area contributed by atoms with Crippen LogP contribution in [0.4, 0.5) is 17.1 Å². The van der Waals surface area contributed by atoms with Gasteiger partial charge in [0.15, 0.2) is 5.75 Å². The maximum atomic E-state index is 12.2. The molecule has 0 amide bonds. The first kappa shape index (κ1) is 22.5. The van der Waals surface area contributed by atoms with E-state index in [0.29, 0.717) is 6.42 Å². The molecule has 11 heteroatoms. The smallest absolute Gasteiger partial charge is 0.253 e. The van der Waals surface area contributed by atoms with E-state index in [9.17, 15) is 23.1 Å². The Kier molecular flexibility index (Phi) is 6.42. The van der Waals surface area contributed by atoms with Crippen molar-refractivity contribution in [2.24, 2.45) is 0 Å². The van der Waals surface area contributed by atoms with Gasteiger partial charge in [0.05, 0.1) is 29.0 Å². The molecule has 1 aliphatic heterocycles. The third-order valence-electron chi connectivity index (χ3n) is 5.27. The lowest BCUT2D eigenvalue weighted by molar-refractivity contribution is 0.0438. The Hall–Kier alpha value is -2.14. The first-order valence-corrected chi connectivity index (χ1v) is 11.4. The van der Waals surface area contributed by atoms with Crippen molar-refractivity contribution in [1.82, 2.24) is 4.72 Å². The molecule has 0 bridgehead atoms. The molecule has 0 spiro atoms. The molecule has 164 valence electrons. The number of phenolic OH excluding ortho intramolecular Hbond substituents is 1. The highest BCUT2D eigenvalue weighted by atomic mass is 35.5. The van der Waals surface area contributed by atoms with Crippen LogP contribution in [0.1, 0.15) is 33.1 Å². The summed E-state index contributed by atoms with van der Waals surface area (Å²) in [7, 11) is -2.87. The van der Waals surface area contributed by atoms with Crippen molar-refractivity contribution in [2.75, 3.05) is 17.7 Å². The van der Waals surface area contributed by atoms with Crippen molar-refractivity contribution < 1.29 is 18.3 Å². The van der Waals surface area contributed by atoms with Crippen molar-refractivity contribution in [3.05, 3.63) is 37.6 Å². The largest absolute Gasteiger partial charge is 0.504 e. The minimum Gasteiger partial charge on any atom is -0.504 e. The third-order valence-corrected chi connectivity index (χ3v) is 7.19. The van der Waals surface area contributed by atoms with Crippen molar-refractivity contribution in [2.45, 2.75) is 56.3 Å². The minimum atomic E-state index is -4.06. The molecule has 2 aromatic rings. The fourth-order valence-electron chi connectivity index (χ4n) is 3.56. The summed E-state index contributed by atoms with van der Waals surface area (Å²) in [5, 5.41) is 16.0. The maximum Gasteiger partial charge on any atom is 0.253 e. The van der Waals surface area contributed by atoms with Gasteiger partial charge in [0.1, 0.15) is 16.3 Å². The van der Waals surface area contributed by atoms with E-state index in [0.717, 1.165) is 12.8 Å². The lowest BCUT2D eigenvalue weighted by atomic mass is 10.0. The average molecular weight is 458 g/mol. The van der Waals surface area contributed by atoms with Crippen LogP contribution in [0, 0.1) is 0 Å². The van der Waals surface area contributed by atoms with Gasteiger partial charge in [0.2, 0.25) is 10.0 Å². The highest BCUT2D eigenvalue weighted by molar-refractivity contribution is 7.89. The quantitative estimate of drug-likeness (QED) is 0.349. The van der Waals surface area contributed by atoms with Gasteiger partial charge >= 0.3 is 0 Å². The lowest BCUT2D eigenvalue weighted by Gasteiger charge is -2.26. The molecule has 3 rings (SSSR count). The van der Waals surface area contributed by atoms with Gasteiger partial charge < -0.3 is 20.5 Å². The second-order valence-corrected chi connectivity index (χ2v) is 9.47. The van der Waals surface area contributed by atoms with Gasteiger partial charge in [-0.2, -0.15) is 0 Å². The van der Waals surface area contributed by atoms with Gasteiger partial charge in [0.25, 0.3) is 10.9 Å². The molecule has 4 N–H and O–H groups in total. The van der Waals surface area contributed by atoms with Gasteiger partial charge in [-0.15, -0.1) is 0 Å². The number of nitrogens with one attached hydrogen (secondary N) is 3. The summed E-state index contributed by atoms with van der Waals surface area (Å²) in [4.78, 5) is 23.8. The Morgan fingerprint density at radius 2 is 1.90 bits per heavy atom. The molecule has 1 unspecified atom stereocenters. The molecule has 1 heterocycles. The zero-order valence-corrected chi connectivity index (χ0v) is 18.4. The van der Waals surface area contributed by atoms with Crippen LogP contribution in [0.5, 0.6) is 5.75 Å². The van der Waals surface area contributed by atoms with Crippen molar-refractivity contribution >= 4 is 38.7 Å². The van der Waals surface area contributed by atoms with Gasteiger partial charge in [-0.25, -0.2) is 13.1 Å². The summed E-state index contributed by atoms with van der Waals surface area (Å²) in [6.45, 7) is 3.93. The van der Waals surface area contributed by atoms with Crippen LogP contribution < -0.4 is 26.2 Å². The predicted molar refractivity (Wildman–Crippen MR) is 115 cm³/mol. The number of anilines is 3. The number of rotatable bonds is 8.